The first-order chi connectivity index (χ1) is 14.0. The number of hydrogen-bond acceptors (Lipinski definition) is 4. The van der Waals surface area contributed by atoms with Crippen LogP contribution in [0.15, 0.2) is 78.9 Å². The van der Waals surface area contributed by atoms with Crippen LogP contribution in [0.2, 0.25) is 5.02 Å². The molecule has 0 radical (unpaired) electrons. The summed E-state index contributed by atoms with van der Waals surface area (Å²) in [5, 5.41) is 3.25. The van der Waals surface area contributed by atoms with Gasteiger partial charge in [0.15, 0.2) is 6.10 Å². The molecular weight excluding hydrogens is 390 g/mol. The predicted octanol–water partition coefficient (Wildman–Crippen LogP) is 5.10. The van der Waals surface area contributed by atoms with Gasteiger partial charge in [-0.05, 0) is 49.4 Å². The van der Waals surface area contributed by atoms with Gasteiger partial charge in [0.2, 0.25) is 0 Å². The lowest BCUT2D eigenvalue weighted by Gasteiger charge is -2.15. The highest BCUT2D eigenvalue weighted by atomic mass is 35.5. The first-order valence-corrected chi connectivity index (χ1v) is 9.44. The standard InChI is InChI=1S/C23H20ClNO4/c1-16(22(26)25-19-13-11-18(24)12-14-19)29-23(27)21-10-6-5-7-17(21)15-28-20-8-3-2-4-9-20/h2-14,16H,15H2,1H3,(H,25,26)/t16-/m0/s1. The maximum absolute atomic E-state index is 12.6. The molecule has 0 aliphatic heterocycles. The summed E-state index contributed by atoms with van der Waals surface area (Å²) in [5.41, 5.74) is 1.60. The van der Waals surface area contributed by atoms with Crippen molar-refractivity contribution in [2.75, 3.05) is 5.32 Å². The first kappa shape index (κ1) is 20.4. The molecule has 1 atom stereocenters. The average molecular weight is 410 g/mol. The summed E-state index contributed by atoms with van der Waals surface area (Å²) < 4.78 is 11.1. The summed E-state index contributed by atoms with van der Waals surface area (Å²) in [6, 6.07) is 23.0. The Balaban J connectivity index is 1.62. The Morgan fingerprint density at radius 1 is 0.931 bits per heavy atom. The minimum Gasteiger partial charge on any atom is -0.489 e. The quantitative estimate of drug-likeness (QED) is 0.551. The second-order valence-electron chi connectivity index (χ2n) is 6.30. The van der Waals surface area contributed by atoms with E-state index in [0.717, 1.165) is 0 Å². The molecule has 0 saturated heterocycles. The van der Waals surface area contributed by atoms with E-state index >= 15 is 0 Å². The van der Waals surface area contributed by atoms with Gasteiger partial charge in [-0.25, -0.2) is 4.79 Å². The third kappa shape index (κ3) is 5.83. The number of anilines is 1. The van der Waals surface area contributed by atoms with Crippen molar-refractivity contribution >= 4 is 29.2 Å². The number of hydrogen-bond donors (Lipinski definition) is 1. The summed E-state index contributed by atoms with van der Waals surface area (Å²) in [6.07, 6.45) is -0.971. The molecule has 0 aromatic heterocycles. The van der Waals surface area contributed by atoms with Crippen LogP contribution in [-0.4, -0.2) is 18.0 Å². The monoisotopic (exact) mass is 409 g/mol. The lowest BCUT2D eigenvalue weighted by Crippen LogP contribution is -2.30. The molecule has 0 spiro atoms. The van der Waals surface area contributed by atoms with Gasteiger partial charge in [0.25, 0.3) is 5.91 Å². The molecule has 0 heterocycles. The van der Waals surface area contributed by atoms with Crippen LogP contribution in [0, 0.1) is 0 Å². The van der Waals surface area contributed by atoms with Crippen LogP contribution in [0.4, 0.5) is 5.69 Å². The van der Waals surface area contributed by atoms with E-state index in [1.54, 1.807) is 42.5 Å². The fourth-order valence-electron chi connectivity index (χ4n) is 2.58. The van der Waals surface area contributed by atoms with E-state index in [-0.39, 0.29) is 6.61 Å². The van der Waals surface area contributed by atoms with Crippen molar-refractivity contribution in [2.45, 2.75) is 19.6 Å². The summed E-state index contributed by atoms with van der Waals surface area (Å²) >= 11 is 5.83. The van der Waals surface area contributed by atoms with Gasteiger partial charge in [0.05, 0.1) is 5.56 Å². The molecule has 0 aliphatic rings. The predicted molar refractivity (Wildman–Crippen MR) is 112 cm³/mol. The van der Waals surface area contributed by atoms with Crippen LogP contribution in [0.5, 0.6) is 5.75 Å². The number of benzene rings is 3. The molecule has 0 bridgehead atoms. The number of rotatable bonds is 7. The molecule has 3 aromatic carbocycles. The average Bonchev–Trinajstić information content (AvgIpc) is 2.74. The van der Waals surface area contributed by atoms with E-state index in [1.807, 2.05) is 36.4 Å². The zero-order valence-corrected chi connectivity index (χ0v) is 16.6. The van der Waals surface area contributed by atoms with Crippen molar-refractivity contribution in [2.24, 2.45) is 0 Å². The highest BCUT2D eigenvalue weighted by Crippen LogP contribution is 2.17. The molecule has 0 unspecified atom stereocenters. The molecule has 0 saturated carbocycles. The number of esters is 1. The van der Waals surface area contributed by atoms with E-state index in [2.05, 4.69) is 5.32 Å². The third-order valence-corrected chi connectivity index (χ3v) is 4.39. The summed E-state index contributed by atoms with van der Waals surface area (Å²) in [6.45, 7) is 1.73. The van der Waals surface area contributed by atoms with Gasteiger partial charge in [0.1, 0.15) is 12.4 Å². The topological polar surface area (TPSA) is 64.6 Å². The van der Waals surface area contributed by atoms with E-state index in [1.165, 1.54) is 6.92 Å². The molecule has 3 aromatic rings. The first-order valence-electron chi connectivity index (χ1n) is 9.06. The number of halogens is 1. The Kier molecular flexibility index (Phi) is 6.87. The van der Waals surface area contributed by atoms with Crippen molar-refractivity contribution in [3.8, 4) is 5.75 Å². The van der Waals surface area contributed by atoms with Crippen LogP contribution in [0.1, 0.15) is 22.8 Å². The molecule has 29 heavy (non-hydrogen) atoms. The maximum Gasteiger partial charge on any atom is 0.339 e. The summed E-state index contributed by atoms with van der Waals surface area (Å²) in [7, 11) is 0. The van der Waals surface area contributed by atoms with Crippen LogP contribution in [-0.2, 0) is 16.1 Å². The summed E-state index contributed by atoms with van der Waals surface area (Å²) in [5.74, 6) is -0.318. The van der Waals surface area contributed by atoms with E-state index < -0.39 is 18.0 Å². The van der Waals surface area contributed by atoms with Crippen molar-refractivity contribution in [1.29, 1.82) is 0 Å². The van der Waals surface area contributed by atoms with E-state index in [9.17, 15) is 9.59 Å². The number of nitrogens with one attached hydrogen (secondary N) is 1. The van der Waals surface area contributed by atoms with Crippen LogP contribution in [0.25, 0.3) is 0 Å². The van der Waals surface area contributed by atoms with Gasteiger partial charge in [-0.3, -0.25) is 4.79 Å². The third-order valence-electron chi connectivity index (χ3n) is 4.14. The number of carbonyl (C=O) groups is 2. The highest BCUT2D eigenvalue weighted by Gasteiger charge is 2.21. The molecule has 148 valence electrons. The van der Waals surface area contributed by atoms with Gasteiger partial charge < -0.3 is 14.8 Å². The molecule has 0 fully saturated rings. The molecular formula is C23H20ClNO4. The van der Waals surface area contributed by atoms with E-state index in [4.69, 9.17) is 21.1 Å². The Morgan fingerprint density at radius 3 is 2.31 bits per heavy atom. The zero-order chi connectivity index (χ0) is 20.6. The van der Waals surface area contributed by atoms with Gasteiger partial charge in [-0.1, -0.05) is 48.0 Å². The number of ether oxygens (including phenoxy) is 2. The van der Waals surface area contributed by atoms with Gasteiger partial charge in [0, 0.05) is 16.3 Å². The van der Waals surface area contributed by atoms with Gasteiger partial charge in [-0.2, -0.15) is 0 Å². The molecule has 6 heteroatoms. The minimum atomic E-state index is -0.971. The fraction of sp³-hybridized carbons (Fsp3) is 0.130. The smallest absolute Gasteiger partial charge is 0.339 e. The van der Waals surface area contributed by atoms with Crippen molar-refractivity contribution in [1.82, 2.24) is 0 Å². The summed E-state index contributed by atoms with van der Waals surface area (Å²) in [4.78, 5) is 24.9. The van der Waals surface area contributed by atoms with Crippen molar-refractivity contribution < 1.29 is 19.1 Å². The molecule has 3 rings (SSSR count). The van der Waals surface area contributed by atoms with Crippen LogP contribution >= 0.6 is 11.6 Å². The molecule has 1 N–H and O–H groups in total. The van der Waals surface area contributed by atoms with Crippen LogP contribution < -0.4 is 10.1 Å². The van der Waals surface area contributed by atoms with Crippen LogP contribution in [0.3, 0.4) is 0 Å². The number of amides is 1. The SMILES string of the molecule is C[C@H](OC(=O)c1ccccc1COc1ccccc1)C(=O)Nc1ccc(Cl)cc1. The lowest BCUT2D eigenvalue weighted by atomic mass is 10.1. The molecule has 1 amide bonds. The second kappa shape index (κ2) is 9.75. The fourth-order valence-corrected chi connectivity index (χ4v) is 2.70. The van der Waals surface area contributed by atoms with E-state index in [0.29, 0.717) is 27.6 Å². The number of para-hydroxylation sites is 1. The Morgan fingerprint density at radius 2 is 1.59 bits per heavy atom. The largest absolute Gasteiger partial charge is 0.489 e. The Labute approximate surface area is 174 Å². The Hall–Kier alpha value is -3.31. The zero-order valence-electron chi connectivity index (χ0n) is 15.8. The second-order valence-corrected chi connectivity index (χ2v) is 6.74. The van der Waals surface area contributed by atoms with Crippen molar-refractivity contribution in [3.05, 3.63) is 95.0 Å². The lowest BCUT2D eigenvalue weighted by molar-refractivity contribution is -0.123. The van der Waals surface area contributed by atoms with Gasteiger partial charge >= 0.3 is 5.97 Å². The van der Waals surface area contributed by atoms with Crippen molar-refractivity contribution in [3.63, 3.8) is 0 Å². The molecule has 0 aliphatic carbocycles. The molecule has 5 nitrogen and oxygen atoms in total. The Bertz CT molecular complexity index is 974. The van der Waals surface area contributed by atoms with Gasteiger partial charge in [-0.15, -0.1) is 0 Å². The highest BCUT2D eigenvalue weighted by molar-refractivity contribution is 6.30. The normalized spacial score (nSPS) is 11.4. The minimum absolute atomic E-state index is 0.209. The maximum atomic E-state index is 12.6. The number of carbonyl (C=O) groups excluding carboxylic acids is 2.